The zero-order valence-electron chi connectivity index (χ0n) is 21.8. The maximum atomic E-state index is 13.4. The Morgan fingerprint density at radius 1 is 0.921 bits per heavy atom. The van der Waals surface area contributed by atoms with Crippen LogP contribution in [0, 0.1) is 5.92 Å². The molecule has 2 heterocycles. The first-order chi connectivity index (χ1) is 18.2. The molecule has 0 N–H and O–H groups in total. The van der Waals surface area contributed by atoms with Crippen LogP contribution in [0.3, 0.4) is 0 Å². The molecule has 38 heavy (non-hydrogen) atoms. The van der Waals surface area contributed by atoms with Gasteiger partial charge in [-0.15, -0.1) is 0 Å². The van der Waals surface area contributed by atoms with E-state index in [1.165, 1.54) is 36.5 Å². The molecule has 0 unspecified atom stereocenters. The van der Waals surface area contributed by atoms with Gasteiger partial charge in [-0.3, -0.25) is 4.79 Å². The van der Waals surface area contributed by atoms with Crippen molar-refractivity contribution in [2.24, 2.45) is 5.92 Å². The fraction of sp³-hybridized carbons (Fsp3) is 0.483. The molecule has 3 rings (SSSR count). The first kappa shape index (κ1) is 29.2. The molecule has 6 nitrogen and oxygen atoms in total. The monoisotopic (exact) mass is 533 g/mol. The van der Waals surface area contributed by atoms with E-state index in [4.69, 9.17) is 13.9 Å². The number of hydrogen-bond donors (Lipinski definition) is 0. The molecule has 0 spiro atoms. The van der Waals surface area contributed by atoms with Gasteiger partial charge in [0.15, 0.2) is 0 Å². The summed E-state index contributed by atoms with van der Waals surface area (Å²) >= 11 is 0. The van der Waals surface area contributed by atoms with Crippen LogP contribution in [-0.4, -0.2) is 24.2 Å². The van der Waals surface area contributed by atoms with Crippen molar-refractivity contribution in [3.8, 4) is 17.0 Å². The van der Waals surface area contributed by atoms with Gasteiger partial charge in [0.2, 0.25) is 5.88 Å². The van der Waals surface area contributed by atoms with Gasteiger partial charge >= 0.3 is 17.8 Å². The number of alkyl halides is 3. The Labute approximate surface area is 220 Å². The van der Waals surface area contributed by atoms with Crippen LogP contribution in [0.1, 0.15) is 70.8 Å². The smallest absolute Gasteiger partial charge is 0.417 e. The van der Waals surface area contributed by atoms with Gasteiger partial charge in [0, 0.05) is 23.2 Å². The van der Waals surface area contributed by atoms with Gasteiger partial charge in [0.05, 0.1) is 30.3 Å². The Morgan fingerprint density at radius 3 is 2.21 bits per heavy atom. The van der Waals surface area contributed by atoms with E-state index >= 15 is 0 Å². The van der Waals surface area contributed by atoms with Crippen LogP contribution in [0.15, 0.2) is 51.8 Å². The first-order valence-electron chi connectivity index (χ1n) is 13.1. The number of hydrogen-bond acceptors (Lipinski definition) is 6. The van der Waals surface area contributed by atoms with Crippen molar-refractivity contribution in [2.75, 3.05) is 13.2 Å². The number of carbonyl (C=O) groups is 1. The lowest BCUT2D eigenvalue weighted by Gasteiger charge is -2.12. The SMILES string of the molecule is CC(C)C(=O)OCCCCCCCCCCOc1cc2oc(=O)c(-c3ccccc3C(F)(F)F)cc2cn1. The summed E-state index contributed by atoms with van der Waals surface area (Å²) in [5, 5.41) is 0.405. The molecule has 3 aromatic rings. The fourth-order valence-corrected chi connectivity index (χ4v) is 4.01. The summed E-state index contributed by atoms with van der Waals surface area (Å²) in [6, 6.07) is 7.74. The summed E-state index contributed by atoms with van der Waals surface area (Å²) in [5.74, 6) is 0.0707. The Morgan fingerprint density at radius 2 is 1.55 bits per heavy atom. The predicted molar refractivity (Wildman–Crippen MR) is 139 cm³/mol. The summed E-state index contributed by atoms with van der Waals surface area (Å²) in [5.41, 5.74) is -1.96. The van der Waals surface area contributed by atoms with E-state index in [9.17, 15) is 22.8 Å². The maximum absolute atomic E-state index is 13.4. The summed E-state index contributed by atoms with van der Waals surface area (Å²) in [6.07, 6.45) is 5.11. The number of halogens is 3. The van der Waals surface area contributed by atoms with Crippen molar-refractivity contribution in [3.05, 3.63) is 58.6 Å². The lowest BCUT2D eigenvalue weighted by atomic mass is 10.00. The number of pyridine rings is 1. The van der Waals surface area contributed by atoms with Crippen molar-refractivity contribution < 1.29 is 31.9 Å². The number of carbonyl (C=O) groups excluding carboxylic acids is 1. The lowest BCUT2D eigenvalue weighted by molar-refractivity contribution is -0.147. The van der Waals surface area contributed by atoms with Crippen molar-refractivity contribution >= 4 is 16.9 Å². The van der Waals surface area contributed by atoms with Crippen molar-refractivity contribution in [3.63, 3.8) is 0 Å². The Balaban J connectivity index is 1.41. The zero-order valence-corrected chi connectivity index (χ0v) is 21.8. The molecule has 0 radical (unpaired) electrons. The van der Waals surface area contributed by atoms with Gasteiger partial charge in [0.25, 0.3) is 0 Å². The van der Waals surface area contributed by atoms with Crippen LogP contribution < -0.4 is 10.4 Å². The third-order valence-electron chi connectivity index (χ3n) is 6.12. The molecule has 0 aliphatic carbocycles. The second kappa shape index (κ2) is 14.0. The summed E-state index contributed by atoms with van der Waals surface area (Å²) in [7, 11) is 0. The number of ether oxygens (including phenoxy) is 2. The van der Waals surface area contributed by atoms with E-state index in [0.29, 0.717) is 24.5 Å². The number of unbranched alkanes of at least 4 members (excludes halogenated alkanes) is 7. The number of rotatable bonds is 14. The van der Waals surface area contributed by atoms with Crippen LogP contribution in [0.5, 0.6) is 5.88 Å². The average molecular weight is 534 g/mol. The standard InChI is InChI=1S/C29H34F3NO5/c1-20(2)27(34)37-16-12-8-6-4-3-5-7-11-15-36-26-18-25-21(19-33-26)17-23(28(35)38-25)22-13-9-10-14-24(22)29(30,31)32/h9-10,13-14,17-20H,3-8,11-12,15-16H2,1-2H3. The van der Waals surface area contributed by atoms with Gasteiger partial charge in [-0.1, -0.05) is 70.6 Å². The number of fused-ring (bicyclic) bond motifs is 1. The zero-order chi connectivity index (χ0) is 27.5. The van der Waals surface area contributed by atoms with Crippen LogP contribution in [0.2, 0.25) is 0 Å². The molecule has 0 aliphatic heterocycles. The topological polar surface area (TPSA) is 78.6 Å². The Bertz CT molecular complexity index is 1250. The summed E-state index contributed by atoms with van der Waals surface area (Å²) in [6.45, 7) is 4.61. The van der Waals surface area contributed by atoms with E-state index in [-0.39, 0.29) is 28.6 Å². The molecule has 0 bridgehead atoms. The van der Waals surface area contributed by atoms with Gasteiger partial charge in [0.1, 0.15) is 5.58 Å². The lowest BCUT2D eigenvalue weighted by Crippen LogP contribution is -2.12. The highest BCUT2D eigenvalue weighted by molar-refractivity contribution is 5.82. The molecule has 2 aromatic heterocycles. The normalized spacial score (nSPS) is 11.7. The highest BCUT2D eigenvalue weighted by atomic mass is 19.4. The molecule has 206 valence electrons. The number of nitrogens with zero attached hydrogens (tertiary/aromatic N) is 1. The molecule has 1 aromatic carbocycles. The Kier molecular flexibility index (Phi) is 10.7. The molecule has 0 atom stereocenters. The minimum Gasteiger partial charge on any atom is -0.478 e. The average Bonchev–Trinajstić information content (AvgIpc) is 2.88. The van der Waals surface area contributed by atoms with E-state index < -0.39 is 17.4 Å². The second-order valence-electron chi connectivity index (χ2n) is 9.55. The highest BCUT2D eigenvalue weighted by Gasteiger charge is 2.34. The Hall–Kier alpha value is -3.36. The molecule has 0 saturated carbocycles. The number of aromatic nitrogens is 1. The molecular weight excluding hydrogens is 499 g/mol. The second-order valence-corrected chi connectivity index (χ2v) is 9.55. The molecule has 0 amide bonds. The van der Waals surface area contributed by atoms with Crippen molar-refractivity contribution in [1.29, 1.82) is 0 Å². The van der Waals surface area contributed by atoms with E-state index in [1.807, 2.05) is 13.8 Å². The largest absolute Gasteiger partial charge is 0.478 e. The maximum Gasteiger partial charge on any atom is 0.417 e. The third kappa shape index (κ3) is 8.60. The van der Waals surface area contributed by atoms with Gasteiger partial charge in [-0.2, -0.15) is 13.2 Å². The van der Waals surface area contributed by atoms with E-state index in [0.717, 1.165) is 57.4 Å². The van der Waals surface area contributed by atoms with E-state index in [2.05, 4.69) is 4.98 Å². The van der Waals surface area contributed by atoms with Crippen molar-refractivity contribution in [2.45, 2.75) is 71.4 Å². The molecule has 0 fully saturated rings. The quantitative estimate of drug-likeness (QED) is 0.157. The molecule has 0 saturated heterocycles. The van der Waals surface area contributed by atoms with E-state index in [1.54, 1.807) is 0 Å². The molecule has 9 heteroatoms. The van der Waals surface area contributed by atoms with Gasteiger partial charge < -0.3 is 13.9 Å². The van der Waals surface area contributed by atoms with Gasteiger partial charge in [-0.25, -0.2) is 9.78 Å². The summed E-state index contributed by atoms with van der Waals surface area (Å²) in [4.78, 5) is 28.1. The van der Waals surface area contributed by atoms with Gasteiger partial charge in [-0.05, 0) is 25.0 Å². The number of esters is 1. The van der Waals surface area contributed by atoms with Crippen LogP contribution in [-0.2, 0) is 15.7 Å². The summed E-state index contributed by atoms with van der Waals surface area (Å²) < 4.78 is 56.3. The van der Waals surface area contributed by atoms with Crippen LogP contribution >= 0.6 is 0 Å². The van der Waals surface area contributed by atoms with Crippen LogP contribution in [0.4, 0.5) is 13.2 Å². The molecule has 0 aliphatic rings. The predicted octanol–water partition coefficient (Wildman–Crippen LogP) is 7.57. The fourth-order valence-electron chi connectivity index (χ4n) is 4.01. The minimum absolute atomic E-state index is 0.0803. The highest BCUT2D eigenvalue weighted by Crippen LogP contribution is 2.36. The number of benzene rings is 1. The van der Waals surface area contributed by atoms with Crippen molar-refractivity contribution in [1.82, 2.24) is 4.98 Å². The first-order valence-corrected chi connectivity index (χ1v) is 13.1. The third-order valence-corrected chi connectivity index (χ3v) is 6.12. The molecular formula is C29H34F3NO5. The van der Waals surface area contributed by atoms with Crippen LogP contribution in [0.25, 0.3) is 22.1 Å². The minimum atomic E-state index is -4.60.